The van der Waals surface area contributed by atoms with Crippen molar-refractivity contribution in [2.75, 3.05) is 92.0 Å². The number of rotatable bonds is 22. The van der Waals surface area contributed by atoms with Crippen molar-refractivity contribution in [3.05, 3.63) is 59.7 Å². The Hall–Kier alpha value is -6.32. The highest BCUT2D eigenvalue weighted by molar-refractivity contribution is 6.38. The van der Waals surface area contributed by atoms with Gasteiger partial charge < -0.3 is 54.8 Å². The Balaban J connectivity index is 1.00. The summed E-state index contributed by atoms with van der Waals surface area (Å²) in [5.41, 5.74) is 0.554. The molecule has 2 aliphatic heterocycles. The van der Waals surface area contributed by atoms with Crippen LogP contribution in [0.25, 0.3) is 0 Å². The maximum atomic E-state index is 13.1. The Bertz CT molecular complexity index is 1930. The molecule has 2 unspecified atom stereocenters. The van der Waals surface area contributed by atoms with Gasteiger partial charge in [-0.05, 0) is 72.9 Å². The van der Waals surface area contributed by atoms with E-state index in [-0.39, 0.29) is 26.2 Å². The first-order chi connectivity index (χ1) is 32.7. The minimum absolute atomic E-state index is 0.110. The number of urea groups is 2. The number of benzene rings is 2. The molecule has 10 amide bonds. The van der Waals surface area contributed by atoms with Gasteiger partial charge in [0.2, 0.25) is 0 Å². The molecule has 0 aliphatic carbocycles. The van der Waals surface area contributed by atoms with E-state index in [0.29, 0.717) is 90.2 Å². The third kappa shape index (κ3) is 17.0. The van der Waals surface area contributed by atoms with Gasteiger partial charge in [0.1, 0.15) is 11.5 Å². The highest BCUT2D eigenvalue weighted by atomic mass is 16.6. The molecule has 4 N–H and O–H groups in total. The van der Waals surface area contributed by atoms with E-state index in [4.69, 9.17) is 23.7 Å². The zero-order valence-electron chi connectivity index (χ0n) is 41.2. The lowest BCUT2D eigenvalue weighted by molar-refractivity contribution is -0.153. The summed E-state index contributed by atoms with van der Waals surface area (Å²) in [6.07, 6.45) is -0.164. The number of imide groups is 2. The number of amides is 10. The summed E-state index contributed by atoms with van der Waals surface area (Å²) in [6, 6.07) is 11.1. The number of likely N-dealkylation sites (N-methyl/N-ethyl adjacent to an activating group) is 2. The van der Waals surface area contributed by atoms with Gasteiger partial charge in [0.05, 0.1) is 38.5 Å². The number of hydrogen-bond acceptors (Lipinski definition) is 13. The van der Waals surface area contributed by atoms with Crippen LogP contribution in [0.15, 0.2) is 48.5 Å². The summed E-state index contributed by atoms with van der Waals surface area (Å²) in [4.78, 5) is 105. The van der Waals surface area contributed by atoms with Crippen molar-refractivity contribution < 1.29 is 62.0 Å². The highest BCUT2D eigenvalue weighted by Gasteiger charge is 2.39. The van der Waals surface area contributed by atoms with Crippen molar-refractivity contribution in [1.82, 2.24) is 40.9 Å². The van der Waals surface area contributed by atoms with E-state index >= 15 is 0 Å². The first kappa shape index (κ1) is 55.3. The average Bonchev–Trinajstić information content (AvgIpc) is 3.30. The van der Waals surface area contributed by atoms with Crippen LogP contribution in [-0.4, -0.2) is 159 Å². The smallest absolute Gasteiger partial charge is 0.410 e. The summed E-state index contributed by atoms with van der Waals surface area (Å²) in [7, 11) is 0. The molecule has 380 valence electrons. The average molecular weight is 967 g/mol. The summed E-state index contributed by atoms with van der Waals surface area (Å²) in [5, 5.41) is 11.2. The second-order valence-corrected chi connectivity index (χ2v) is 18.5. The number of ether oxygens (including phenoxy) is 5. The summed E-state index contributed by atoms with van der Waals surface area (Å²) in [5.74, 6) is -2.50. The molecule has 0 spiro atoms. The first-order valence-corrected chi connectivity index (χ1v) is 23.4. The van der Waals surface area contributed by atoms with E-state index in [1.807, 2.05) is 41.5 Å². The van der Waals surface area contributed by atoms with Gasteiger partial charge in [-0.15, -0.1) is 0 Å². The molecule has 21 heteroatoms. The largest absolute Gasteiger partial charge is 0.412 e. The number of carbonyl (C=O) groups excluding carboxylic acids is 8. The van der Waals surface area contributed by atoms with Crippen LogP contribution in [0.1, 0.15) is 91.4 Å². The van der Waals surface area contributed by atoms with Crippen molar-refractivity contribution in [1.29, 1.82) is 0 Å². The van der Waals surface area contributed by atoms with Gasteiger partial charge in [-0.3, -0.25) is 29.0 Å². The second kappa shape index (κ2) is 26.4. The van der Waals surface area contributed by atoms with E-state index in [1.165, 1.54) is 9.80 Å². The van der Waals surface area contributed by atoms with Gasteiger partial charge in [-0.1, -0.05) is 65.8 Å². The molecule has 0 saturated carbocycles. The lowest BCUT2D eigenvalue weighted by Gasteiger charge is -2.36. The lowest BCUT2D eigenvalue weighted by Crippen LogP contribution is -2.58. The van der Waals surface area contributed by atoms with Crippen LogP contribution in [0.4, 0.5) is 19.2 Å². The van der Waals surface area contributed by atoms with Crippen LogP contribution in [0.5, 0.6) is 11.5 Å². The van der Waals surface area contributed by atoms with Crippen molar-refractivity contribution in [3.8, 4) is 11.5 Å². The molecule has 0 bridgehead atoms. The molecule has 2 fully saturated rings. The zero-order chi connectivity index (χ0) is 50.7. The highest BCUT2D eigenvalue weighted by Crippen LogP contribution is 2.35. The Kier molecular flexibility index (Phi) is 21.2. The van der Waals surface area contributed by atoms with E-state index < -0.39 is 70.8 Å². The van der Waals surface area contributed by atoms with Crippen molar-refractivity contribution in [2.24, 2.45) is 10.8 Å². The fourth-order valence-electron chi connectivity index (χ4n) is 7.36. The number of nitrogens with one attached hydrogen (secondary N) is 4. The fraction of sp³-hybridized carbons (Fsp3) is 0.583. The predicted octanol–water partition coefficient (Wildman–Crippen LogP) is 4.37. The maximum absolute atomic E-state index is 13.1. The molecular formula is C48H70N8O13. The van der Waals surface area contributed by atoms with E-state index in [1.54, 1.807) is 62.4 Å². The SMILES string of the molecule is CCN1CCN(C(=O)NC(c2ccc(OC(=O)NCCCOCCOCCOCCCNC(=O)Oc3ccc(C(NC(=O)N4CCN(CC)C(=O)C4=O)C(C)(C)C)cc3)cc2)C(C)(C)C)C(=O)C1=O. The van der Waals surface area contributed by atoms with Gasteiger partial charge in [0.15, 0.2) is 0 Å². The minimum Gasteiger partial charge on any atom is -0.410 e. The normalized spacial score (nSPS) is 15.4. The molecule has 4 rings (SSSR count). The van der Waals surface area contributed by atoms with Gasteiger partial charge in [-0.25, -0.2) is 19.2 Å². The van der Waals surface area contributed by atoms with Gasteiger partial charge >= 0.3 is 47.9 Å². The lowest BCUT2D eigenvalue weighted by atomic mass is 9.82. The van der Waals surface area contributed by atoms with Crippen LogP contribution in [0.3, 0.4) is 0 Å². The zero-order valence-corrected chi connectivity index (χ0v) is 41.2. The van der Waals surface area contributed by atoms with Crippen molar-refractivity contribution in [3.63, 3.8) is 0 Å². The van der Waals surface area contributed by atoms with E-state index in [2.05, 4.69) is 21.3 Å². The summed E-state index contributed by atoms with van der Waals surface area (Å²) < 4.78 is 27.5. The number of piperazine rings is 2. The molecule has 0 aromatic heterocycles. The van der Waals surface area contributed by atoms with Crippen LogP contribution < -0.4 is 30.7 Å². The molecule has 0 radical (unpaired) electrons. The molecule has 2 aromatic rings. The topological polar surface area (TPSA) is 244 Å². The Morgan fingerprint density at radius 1 is 0.507 bits per heavy atom. The van der Waals surface area contributed by atoms with Crippen LogP contribution >= 0.6 is 0 Å². The van der Waals surface area contributed by atoms with Crippen LogP contribution in [0.2, 0.25) is 0 Å². The van der Waals surface area contributed by atoms with E-state index in [9.17, 15) is 38.4 Å². The molecule has 2 atom stereocenters. The van der Waals surface area contributed by atoms with Crippen LogP contribution in [-0.2, 0) is 33.4 Å². The van der Waals surface area contributed by atoms with E-state index in [0.717, 1.165) is 20.9 Å². The van der Waals surface area contributed by atoms with Crippen molar-refractivity contribution in [2.45, 2.75) is 80.3 Å². The Morgan fingerprint density at radius 3 is 1.16 bits per heavy atom. The van der Waals surface area contributed by atoms with Crippen molar-refractivity contribution >= 4 is 47.9 Å². The standard InChI is InChI=1S/C48H70N8O13/c1-9-53-23-25-55(41(59)39(53)57)43(61)51-37(47(3,4)5)33-13-17-35(18-14-33)68-45(63)49-21-11-27-65-29-31-67-32-30-66-28-12-22-50-46(64)69-36-19-15-34(16-20-36)38(48(6,7)8)52-44(62)56-26-24-54(10-2)40(58)42(56)60/h13-20,37-38H,9-12,21-32H2,1-8H3,(H,49,63)(H,50,64)(H,51,61)(H,52,62). The first-order valence-electron chi connectivity index (χ1n) is 23.4. The fourth-order valence-corrected chi connectivity index (χ4v) is 7.36. The monoisotopic (exact) mass is 967 g/mol. The molecule has 21 nitrogen and oxygen atoms in total. The van der Waals surface area contributed by atoms with Gasteiger partial charge in [-0.2, -0.15) is 0 Å². The molecule has 69 heavy (non-hydrogen) atoms. The van der Waals surface area contributed by atoms with Gasteiger partial charge in [0, 0.05) is 65.6 Å². The van der Waals surface area contributed by atoms with Crippen LogP contribution in [0, 0.1) is 10.8 Å². The predicted molar refractivity (Wildman–Crippen MR) is 252 cm³/mol. The summed E-state index contributed by atoms with van der Waals surface area (Å²) >= 11 is 0. The molecule has 2 aliphatic rings. The number of nitrogens with zero attached hydrogens (tertiary/aromatic N) is 4. The third-order valence-electron chi connectivity index (χ3n) is 11.2. The quantitative estimate of drug-likeness (QED) is 0.0948. The maximum Gasteiger partial charge on any atom is 0.412 e. The summed E-state index contributed by atoms with van der Waals surface area (Å²) in [6.45, 7) is 19.6. The number of hydrogen-bond donors (Lipinski definition) is 4. The number of carbonyl (C=O) groups is 8. The Morgan fingerprint density at radius 2 is 0.841 bits per heavy atom. The third-order valence-corrected chi connectivity index (χ3v) is 11.2. The molecule has 2 saturated heterocycles. The molecular weight excluding hydrogens is 897 g/mol. The van der Waals surface area contributed by atoms with Gasteiger partial charge in [0.25, 0.3) is 0 Å². The Labute approximate surface area is 404 Å². The minimum atomic E-state index is -0.855. The molecule has 2 heterocycles. The second-order valence-electron chi connectivity index (χ2n) is 18.5. The molecule has 2 aromatic carbocycles.